The first-order valence-corrected chi connectivity index (χ1v) is 9.18. The number of ether oxygens (including phenoxy) is 1. The van der Waals surface area contributed by atoms with Gasteiger partial charge in [-0.3, -0.25) is 4.79 Å². The molecule has 0 bridgehead atoms. The van der Waals surface area contributed by atoms with Gasteiger partial charge in [-0.15, -0.1) is 0 Å². The van der Waals surface area contributed by atoms with Crippen molar-refractivity contribution in [3.63, 3.8) is 0 Å². The number of nitrogens with zero attached hydrogens (tertiary/aromatic N) is 2. The molecule has 1 unspecified atom stereocenters. The average molecular weight is 340 g/mol. The fourth-order valence-corrected chi connectivity index (χ4v) is 2.41. The molecule has 4 nitrogen and oxygen atoms in total. The van der Waals surface area contributed by atoms with Crippen molar-refractivity contribution in [2.24, 2.45) is 5.92 Å². The standard InChI is InChI=1S/C21H28N2O2/c1-4-6-18-13-22-21(23-14-18)19-10-7-17(8-11-19)9-12-20(24)25-15-16(3)5-2/h7-8,10-11,13-14,16H,4-6,9,12,15H2,1-3H3. The van der Waals surface area contributed by atoms with Gasteiger partial charge in [0.25, 0.3) is 0 Å². The SMILES string of the molecule is CCCc1cnc(-c2ccc(CCC(=O)OCC(C)CC)cc2)nc1. The smallest absolute Gasteiger partial charge is 0.306 e. The minimum absolute atomic E-state index is 0.126. The Morgan fingerprint density at radius 3 is 2.32 bits per heavy atom. The van der Waals surface area contributed by atoms with Crippen LogP contribution in [0.3, 0.4) is 0 Å². The Balaban J connectivity index is 1.86. The Hall–Kier alpha value is -2.23. The van der Waals surface area contributed by atoms with E-state index in [2.05, 4.69) is 30.7 Å². The van der Waals surface area contributed by atoms with E-state index in [1.807, 2.05) is 36.7 Å². The van der Waals surface area contributed by atoms with Gasteiger partial charge in [0.2, 0.25) is 0 Å². The maximum Gasteiger partial charge on any atom is 0.306 e. The number of carbonyl (C=O) groups excluding carboxylic acids is 1. The van der Waals surface area contributed by atoms with Crippen LogP contribution in [0.1, 0.15) is 51.2 Å². The third-order valence-corrected chi connectivity index (χ3v) is 4.30. The molecule has 25 heavy (non-hydrogen) atoms. The first-order valence-electron chi connectivity index (χ1n) is 9.18. The molecule has 0 spiro atoms. The molecule has 0 saturated heterocycles. The van der Waals surface area contributed by atoms with Crippen LogP contribution in [0.15, 0.2) is 36.7 Å². The van der Waals surface area contributed by atoms with Crippen molar-refractivity contribution < 1.29 is 9.53 Å². The number of benzene rings is 1. The molecule has 0 aliphatic heterocycles. The first kappa shape index (κ1) is 19.1. The molecular weight excluding hydrogens is 312 g/mol. The lowest BCUT2D eigenvalue weighted by molar-refractivity contribution is -0.144. The molecule has 1 aromatic carbocycles. The molecule has 1 heterocycles. The fraction of sp³-hybridized carbons (Fsp3) is 0.476. The van der Waals surface area contributed by atoms with E-state index in [0.717, 1.165) is 36.2 Å². The highest BCUT2D eigenvalue weighted by atomic mass is 16.5. The van der Waals surface area contributed by atoms with E-state index in [4.69, 9.17) is 4.74 Å². The molecule has 0 N–H and O–H groups in total. The lowest BCUT2D eigenvalue weighted by Gasteiger charge is -2.09. The van der Waals surface area contributed by atoms with E-state index in [0.29, 0.717) is 25.4 Å². The van der Waals surface area contributed by atoms with E-state index < -0.39 is 0 Å². The predicted molar refractivity (Wildman–Crippen MR) is 100 cm³/mol. The van der Waals surface area contributed by atoms with Gasteiger partial charge in [0, 0.05) is 24.4 Å². The Bertz CT molecular complexity index is 651. The number of carbonyl (C=O) groups is 1. The molecule has 4 heteroatoms. The summed E-state index contributed by atoms with van der Waals surface area (Å²) >= 11 is 0. The van der Waals surface area contributed by atoms with E-state index in [-0.39, 0.29) is 5.97 Å². The monoisotopic (exact) mass is 340 g/mol. The van der Waals surface area contributed by atoms with Crippen LogP contribution in [-0.4, -0.2) is 22.5 Å². The molecule has 134 valence electrons. The largest absolute Gasteiger partial charge is 0.465 e. The highest BCUT2D eigenvalue weighted by molar-refractivity contribution is 5.69. The molecule has 0 aliphatic carbocycles. The van der Waals surface area contributed by atoms with Gasteiger partial charge in [-0.2, -0.15) is 0 Å². The molecular formula is C21H28N2O2. The number of hydrogen-bond acceptors (Lipinski definition) is 4. The van der Waals surface area contributed by atoms with Crippen molar-refractivity contribution in [3.05, 3.63) is 47.8 Å². The van der Waals surface area contributed by atoms with Crippen LogP contribution in [-0.2, 0) is 22.4 Å². The quantitative estimate of drug-likeness (QED) is 0.625. The van der Waals surface area contributed by atoms with Gasteiger partial charge in [0.05, 0.1) is 6.61 Å². The molecule has 2 rings (SSSR count). The topological polar surface area (TPSA) is 52.1 Å². The van der Waals surface area contributed by atoms with Gasteiger partial charge in [-0.05, 0) is 29.9 Å². The third kappa shape index (κ3) is 6.29. The molecule has 0 saturated carbocycles. The van der Waals surface area contributed by atoms with Crippen LogP contribution < -0.4 is 0 Å². The zero-order chi connectivity index (χ0) is 18.1. The molecule has 1 atom stereocenters. The second-order valence-corrected chi connectivity index (χ2v) is 6.56. The number of rotatable bonds is 9. The Morgan fingerprint density at radius 2 is 1.72 bits per heavy atom. The zero-order valence-electron chi connectivity index (χ0n) is 15.5. The van der Waals surface area contributed by atoms with Crippen LogP contribution >= 0.6 is 0 Å². The van der Waals surface area contributed by atoms with Crippen LogP contribution in [0, 0.1) is 5.92 Å². The lowest BCUT2D eigenvalue weighted by atomic mass is 10.1. The summed E-state index contributed by atoms with van der Waals surface area (Å²) in [6, 6.07) is 8.07. The summed E-state index contributed by atoms with van der Waals surface area (Å²) in [5.41, 5.74) is 3.27. The third-order valence-electron chi connectivity index (χ3n) is 4.30. The maximum atomic E-state index is 11.8. The van der Waals surface area contributed by atoms with E-state index in [1.54, 1.807) is 0 Å². The van der Waals surface area contributed by atoms with Crippen LogP contribution in [0.4, 0.5) is 0 Å². The van der Waals surface area contributed by atoms with Crippen molar-refractivity contribution in [1.82, 2.24) is 9.97 Å². The van der Waals surface area contributed by atoms with Gasteiger partial charge in [0.1, 0.15) is 0 Å². The van der Waals surface area contributed by atoms with Crippen molar-refractivity contribution in [3.8, 4) is 11.4 Å². The summed E-state index contributed by atoms with van der Waals surface area (Å²) < 4.78 is 5.28. The summed E-state index contributed by atoms with van der Waals surface area (Å²) in [6.45, 7) is 6.84. The second kappa shape index (κ2) is 9.92. The summed E-state index contributed by atoms with van der Waals surface area (Å²) in [7, 11) is 0. The van der Waals surface area contributed by atoms with Crippen LogP contribution in [0.2, 0.25) is 0 Å². The molecule has 0 aliphatic rings. The molecule has 0 fully saturated rings. The summed E-state index contributed by atoms with van der Waals surface area (Å²) in [4.78, 5) is 20.6. The van der Waals surface area contributed by atoms with Gasteiger partial charge < -0.3 is 4.74 Å². The van der Waals surface area contributed by atoms with E-state index in [1.165, 1.54) is 5.56 Å². The van der Waals surface area contributed by atoms with Gasteiger partial charge >= 0.3 is 5.97 Å². The highest BCUT2D eigenvalue weighted by Crippen LogP contribution is 2.16. The van der Waals surface area contributed by atoms with Crippen molar-refractivity contribution in [1.29, 1.82) is 0 Å². The average Bonchev–Trinajstić information content (AvgIpc) is 2.65. The highest BCUT2D eigenvalue weighted by Gasteiger charge is 2.07. The van der Waals surface area contributed by atoms with Gasteiger partial charge in [-0.1, -0.05) is 57.9 Å². The molecule has 0 amide bonds. The Kier molecular flexibility index (Phi) is 7.58. The summed E-state index contributed by atoms with van der Waals surface area (Å²) in [5, 5.41) is 0. The predicted octanol–water partition coefficient (Wildman–Crippen LogP) is 4.62. The minimum Gasteiger partial charge on any atom is -0.465 e. The van der Waals surface area contributed by atoms with Crippen molar-refractivity contribution >= 4 is 5.97 Å². The Labute approximate surface area is 150 Å². The van der Waals surface area contributed by atoms with Gasteiger partial charge in [0.15, 0.2) is 5.82 Å². The second-order valence-electron chi connectivity index (χ2n) is 6.56. The van der Waals surface area contributed by atoms with Gasteiger partial charge in [-0.25, -0.2) is 9.97 Å². The zero-order valence-corrected chi connectivity index (χ0v) is 15.5. The molecule has 1 aromatic heterocycles. The van der Waals surface area contributed by atoms with Crippen molar-refractivity contribution in [2.45, 2.75) is 52.9 Å². The van der Waals surface area contributed by atoms with E-state index in [9.17, 15) is 4.79 Å². The lowest BCUT2D eigenvalue weighted by Crippen LogP contribution is -2.11. The number of aromatic nitrogens is 2. The normalized spacial score (nSPS) is 12.0. The minimum atomic E-state index is -0.126. The summed E-state index contributed by atoms with van der Waals surface area (Å²) in [6.07, 6.45) is 8.02. The maximum absolute atomic E-state index is 11.8. The van der Waals surface area contributed by atoms with Crippen molar-refractivity contribution in [2.75, 3.05) is 6.61 Å². The number of esters is 1. The molecule has 0 radical (unpaired) electrons. The van der Waals surface area contributed by atoms with Crippen LogP contribution in [0.5, 0.6) is 0 Å². The number of aryl methyl sites for hydroxylation is 2. The van der Waals surface area contributed by atoms with E-state index >= 15 is 0 Å². The molecule has 2 aromatic rings. The fourth-order valence-electron chi connectivity index (χ4n) is 2.41. The number of hydrogen-bond donors (Lipinski definition) is 0. The first-order chi connectivity index (χ1) is 12.1. The summed E-state index contributed by atoms with van der Waals surface area (Å²) in [5.74, 6) is 1.03. The Morgan fingerprint density at radius 1 is 1.04 bits per heavy atom. The van der Waals surface area contributed by atoms with Crippen LogP contribution in [0.25, 0.3) is 11.4 Å².